The summed E-state index contributed by atoms with van der Waals surface area (Å²) < 4.78 is 14.3. The van der Waals surface area contributed by atoms with Gasteiger partial charge in [0.05, 0.1) is 21.2 Å². The second kappa shape index (κ2) is 6.10. The fraction of sp³-hybridized carbons (Fsp3) is 0. The Bertz CT molecular complexity index is 936. The van der Waals surface area contributed by atoms with Gasteiger partial charge in [0.25, 0.3) is 0 Å². The number of hydrogen-bond donors (Lipinski definition) is 1. The molecule has 0 unspecified atom stereocenters. The summed E-state index contributed by atoms with van der Waals surface area (Å²) in [6.45, 7) is 0. The summed E-state index contributed by atoms with van der Waals surface area (Å²) in [5.41, 5.74) is 0.779. The Morgan fingerprint density at radius 1 is 1.30 bits per heavy atom. The van der Waals surface area contributed by atoms with Crippen LogP contribution in [0.4, 0.5) is 21.5 Å². The molecule has 0 saturated carbocycles. The lowest BCUT2D eigenvalue weighted by atomic mass is 10.1. The number of aromatic nitrogens is 1. The van der Waals surface area contributed by atoms with Gasteiger partial charge in [-0.25, -0.2) is 9.37 Å². The van der Waals surface area contributed by atoms with Gasteiger partial charge in [-0.05, 0) is 30.3 Å². The van der Waals surface area contributed by atoms with E-state index >= 15 is 0 Å². The fourth-order valence-corrected chi connectivity index (χ4v) is 2.69. The van der Waals surface area contributed by atoms with Crippen molar-refractivity contribution in [1.82, 2.24) is 4.98 Å². The average Bonchev–Trinajstić information content (AvgIpc) is 2.51. The molecule has 2 aromatic carbocycles. The number of fused-ring (bicyclic) bond motifs is 1. The Morgan fingerprint density at radius 3 is 2.83 bits per heavy atom. The standard InChI is InChI=1S/C15H8BrClFN3O2/c16-8-4-5-11-9(6-8)15(13(7-19-11)21(22)23)20-12-3-1-2-10(18)14(12)17/h1-7H,(H,19,20). The summed E-state index contributed by atoms with van der Waals surface area (Å²) in [6.07, 6.45) is 1.16. The smallest absolute Gasteiger partial charge is 0.311 e. The molecule has 8 heteroatoms. The number of benzene rings is 2. The van der Waals surface area contributed by atoms with Crippen LogP contribution in [0.5, 0.6) is 0 Å². The lowest BCUT2D eigenvalue weighted by Gasteiger charge is -2.12. The summed E-state index contributed by atoms with van der Waals surface area (Å²) in [5.74, 6) is -0.612. The molecule has 23 heavy (non-hydrogen) atoms. The third-order valence-corrected chi connectivity index (χ3v) is 4.10. The van der Waals surface area contributed by atoms with E-state index in [4.69, 9.17) is 11.6 Å². The van der Waals surface area contributed by atoms with Crippen molar-refractivity contribution in [2.24, 2.45) is 0 Å². The van der Waals surface area contributed by atoms with E-state index in [1.807, 2.05) is 0 Å². The van der Waals surface area contributed by atoms with Crippen molar-refractivity contribution in [3.05, 3.63) is 68.0 Å². The first-order valence-electron chi connectivity index (χ1n) is 6.41. The van der Waals surface area contributed by atoms with E-state index in [0.717, 1.165) is 10.7 Å². The third-order valence-electron chi connectivity index (χ3n) is 3.22. The number of pyridine rings is 1. The molecular weight excluding hydrogens is 389 g/mol. The summed E-state index contributed by atoms with van der Waals surface area (Å²) in [7, 11) is 0. The fourth-order valence-electron chi connectivity index (χ4n) is 2.16. The minimum atomic E-state index is -0.612. The number of anilines is 2. The number of rotatable bonds is 3. The zero-order valence-corrected chi connectivity index (χ0v) is 13.7. The van der Waals surface area contributed by atoms with Crippen LogP contribution in [-0.4, -0.2) is 9.91 Å². The minimum absolute atomic E-state index is 0.137. The maximum atomic E-state index is 13.6. The molecule has 0 fully saturated rings. The molecule has 3 aromatic rings. The van der Waals surface area contributed by atoms with Crippen molar-refractivity contribution in [3.8, 4) is 0 Å². The molecule has 0 aliphatic carbocycles. The zero-order chi connectivity index (χ0) is 16.6. The quantitative estimate of drug-likeness (QED) is 0.473. The van der Waals surface area contributed by atoms with Gasteiger partial charge < -0.3 is 5.32 Å². The molecule has 0 radical (unpaired) electrons. The monoisotopic (exact) mass is 395 g/mol. The number of halogens is 3. The van der Waals surface area contributed by atoms with Crippen LogP contribution in [0.15, 0.2) is 47.1 Å². The highest BCUT2D eigenvalue weighted by Gasteiger charge is 2.20. The van der Waals surface area contributed by atoms with Crippen LogP contribution in [-0.2, 0) is 0 Å². The first kappa shape index (κ1) is 15.6. The number of nitrogens with one attached hydrogen (secondary N) is 1. The second-order valence-corrected chi connectivity index (χ2v) is 5.96. The van der Waals surface area contributed by atoms with Crippen LogP contribution in [0.2, 0.25) is 5.02 Å². The van der Waals surface area contributed by atoms with Crippen LogP contribution in [0.3, 0.4) is 0 Å². The van der Waals surface area contributed by atoms with Gasteiger partial charge in [-0.1, -0.05) is 33.6 Å². The highest BCUT2D eigenvalue weighted by Crippen LogP contribution is 2.37. The summed E-state index contributed by atoms with van der Waals surface area (Å²) in [6, 6.07) is 9.42. The van der Waals surface area contributed by atoms with Crippen LogP contribution < -0.4 is 5.32 Å². The minimum Gasteiger partial charge on any atom is -0.348 e. The molecule has 0 spiro atoms. The summed E-state index contributed by atoms with van der Waals surface area (Å²) >= 11 is 9.25. The first-order chi connectivity index (χ1) is 11.0. The molecule has 0 aliphatic rings. The maximum absolute atomic E-state index is 13.6. The predicted molar refractivity (Wildman–Crippen MR) is 90.8 cm³/mol. The molecule has 5 nitrogen and oxygen atoms in total. The molecule has 3 rings (SSSR count). The molecule has 1 N–H and O–H groups in total. The number of nitrogens with zero attached hydrogens (tertiary/aromatic N) is 2. The van der Waals surface area contributed by atoms with Crippen LogP contribution >= 0.6 is 27.5 Å². The van der Waals surface area contributed by atoms with E-state index in [1.165, 1.54) is 12.1 Å². The van der Waals surface area contributed by atoms with E-state index < -0.39 is 10.7 Å². The van der Waals surface area contributed by atoms with E-state index in [0.29, 0.717) is 10.9 Å². The number of hydrogen-bond acceptors (Lipinski definition) is 4. The first-order valence-corrected chi connectivity index (χ1v) is 7.58. The Hall–Kier alpha value is -2.25. The molecule has 0 saturated heterocycles. The van der Waals surface area contributed by atoms with E-state index in [9.17, 15) is 14.5 Å². The lowest BCUT2D eigenvalue weighted by Crippen LogP contribution is -2.00. The van der Waals surface area contributed by atoms with Crippen molar-refractivity contribution in [3.63, 3.8) is 0 Å². The van der Waals surface area contributed by atoms with Gasteiger partial charge in [0.2, 0.25) is 0 Å². The summed E-state index contributed by atoms with van der Waals surface area (Å²) in [4.78, 5) is 14.8. The Kier molecular flexibility index (Phi) is 4.14. The molecule has 0 atom stereocenters. The van der Waals surface area contributed by atoms with Crippen molar-refractivity contribution >= 4 is 55.5 Å². The average molecular weight is 397 g/mol. The van der Waals surface area contributed by atoms with Gasteiger partial charge >= 0.3 is 5.69 Å². The van der Waals surface area contributed by atoms with Crippen LogP contribution in [0.25, 0.3) is 10.9 Å². The topological polar surface area (TPSA) is 68.1 Å². The highest BCUT2D eigenvalue weighted by atomic mass is 79.9. The third kappa shape index (κ3) is 2.97. The van der Waals surface area contributed by atoms with Crippen LogP contribution in [0, 0.1) is 15.9 Å². The van der Waals surface area contributed by atoms with Gasteiger partial charge in [-0.3, -0.25) is 10.1 Å². The largest absolute Gasteiger partial charge is 0.348 e. The molecule has 0 bridgehead atoms. The van der Waals surface area contributed by atoms with Gasteiger partial charge in [-0.2, -0.15) is 0 Å². The van der Waals surface area contributed by atoms with E-state index in [-0.39, 0.29) is 22.1 Å². The Labute approximate surface area is 143 Å². The Morgan fingerprint density at radius 2 is 2.09 bits per heavy atom. The zero-order valence-electron chi connectivity index (χ0n) is 11.4. The highest BCUT2D eigenvalue weighted by molar-refractivity contribution is 9.10. The van der Waals surface area contributed by atoms with Crippen molar-refractivity contribution in [2.75, 3.05) is 5.32 Å². The van der Waals surface area contributed by atoms with Crippen LogP contribution in [0.1, 0.15) is 0 Å². The molecule has 0 aliphatic heterocycles. The van der Waals surface area contributed by atoms with Gasteiger partial charge in [0.1, 0.15) is 17.7 Å². The van der Waals surface area contributed by atoms with Crippen molar-refractivity contribution < 1.29 is 9.31 Å². The summed E-state index contributed by atoms with van der Waals surface area (Å²) in [5, 5.41) is 14.5. The van der Waals surface area contributed by atoms with Gasteiger partial charge in [-0.15, -0.1) is 0 Å². The second-order valence-electron chi connectivity index (χ2n) is 4.66. The van der Waals surface area contributed by atoms with Crippen molar-refractivity contribution in [1.29, 1.82) is 0 Å². The number of nitro groups is 1. The molecule has 116 valence electrons. The molecular formula is C15H8BrClFN3O2. The van der Waals surface area contributed by atoms with E-state index in [2.05, 4.69) is 26.2 Å². The van der Waals surface area contributed by atoms with E-state index in [1.54, 1.807) is 24.3 Å². The van der Waals surface area contributed by atoms with Gasteiger partial charge in [0, 0.05) is 9.86 Å². The SMILES string of the molecule is O=[N+]([O-])c1cnc2ccc(Br)cc2c1Nc1cccc(F)c1Cl. The normalized spacial score (nSPS) is 10.7. The van der Waals surface area contributed by atoms with Crippen molar-refractivity contribution in [2.45, 2.75) is 0 Å². The maximum Gasteiger partial charge on any atom is 0.311 e. The molecule has 1 aromatic heterocycles. The van der Waals surface area contributed by atoms with Gasteiger partial charge in [0.15, 0.2) is 0 Å². The predicted octanol–water partition coefficient (Wildman–Crippen LogP) is 5.44. The molecule has 0 amide bonds. The molecule has 1 heterocycles. The lowest BCUT2D eigenvalue weighted by molar-refractivity contribution is -0.384. The Balaban J connectivity index is 2.25.